The third-order valence-corrected chi connectivity index (χ3v) is 3.32. The van der Waals surface area contributed by atoms with Gasteiger partial charge in [-0.1, -0.05) is 17.3 Å². The van der Waals surface area contributed by atoms with Crippen LogP contribution >= 0.6 is 11.6 Å². The number of alkyl halides is 1. The predicted octanol–water partition coefficient (Wildman–Crippen LogP) is 3.66. The van der Waals surface area contributed by atoms with E-state index in [-0.39, 0.29) is 5.38 Å². The van der Waals surface area contributed by atoms with Crippen LogP contribution in [0.2, 0.25) is 0 Å². The number of hydrogen-bond acceptors (Lipinski definition) is 3. The first-order valence-electron chi connectivity index (χ1n) is 6.80. The third kappa shape index (κ3) is 3.97. The third-order valence-electron chi connectivity index (χ3n) is 3.10. The van der Waals surface area contributed by atoms with Crippen molar-refractivity contribution in [1.29, 1.82) is 0 Å². The maximum Gasteiger partial charge on any atom is 0.122 e. The lowest BCUT2D eigenvalue weighted by atomic mass is 10.1. The molecule has 108 valence electrons. The molecule has 2 rings (SSSR count). The van der Waals surface area contributed by atoms with Gasteiger partial charge in [-0.2, -0.15) is 0 Å². The highest BCUT2D eigenvalue weighted by Crippen LogP contribution is 2.19. The summed E-state index contributed by atoms with van der Waals surface area (Å²) in [6.07, 6.45) is 2.77. The SMILES string of the molecule is Cc1ccc(C)c(OCCCn2cc(C(C)Cl)nn2)c1. The Kier molecular flexibility index (Phi) is 5.01. The Hall–Kier alpha value is -1.55. The van der Waals surface area contributed by atoms with Gasteiger partial charge < -0.3 is 4.74 Å². The molecule has 4 nitrogen and oxygen atoms in total. The van der Waals surface area contributed by atoms with Crippen molar-refractivity contribution < 1.29 is 4.74 Å². The van der Waals surface area contributed by atoms with Crippen LogP contribution in [0.1, 0.15) is 35.5 Å². The summed E-state index contributed by atoms with van der Waals surface area (Å²) >= 11 is 5.95. The van der Waals surface area contributed by atoms with Crippen molar-refractivity contribution in [3.8, 4) is 5.75 Å². The molecule has 0 bridgehead atoms. The number of halogens is 1. The molecule has 1 heterocycles. The van der Waals surface area contributed by atoms with Crippen molar-refractivity contribution >= 4 is 11.6 Å². The molecule has 5 heteroatoms. The van der Waals surface area contributed by atoms with Gasteiger partial charge in [0.25, 0.3) is 0 Å². The smallest absolute Gasteiger partial charge is 0.122 e. The van der Waals surface area contributed by atoms with E-state index >= 15 is 0 Å². The van der Waals surface area contributed by atoms with E-state index in [0.717, 1.165) is 30.0 Å². The molecule has 20 heavy (non-hydrogen) atoms. The first kappa shape index (κ1) is 14.9. The minimum atomic E-state index is -0.102. The van der Waals surface area contributed by atoms with Crippen molar-refractivity contribution in [2.45, 2.75) is 39.1 Å². The van der Waals surface area contributed by atoms with Gasteiger partial charge in [0.1, 0.15) is 11.4 Å². The molecule has 0 N–H and O–H groups in total. The van der Waals surface area contributed by atoms with Gasteiger partial charge in [0.05, 0.1) is 12.0 Å². The Morgan fingerprint density at radius 2 is 2.15 bits per heavy atom. The molecule has 0 spiro atoms. The van der Waals surface area contributed by atoms with Crippen LogP contribution in [0.25, 0.3) is 0 Å². The maximum absolute atomic E-state index is 5.95. The maximum atomic E-state index is 5.95. The Morgan fingerprint density at radius 1 is 1.35 bits per heavy atom. The van der Waals surface area contributed by atoms with Crippen molar-refractivity contribution in [3.63, 3.8) is 0 Å². The van der Waals surface area contributed by atoms with Gasteiger partial charge in [0.2, 0.25) is 0 Å². The molecule has 0 aliphatic carbocycles. The summed E-state index contributed by atoms with van der Waals surface area (Å²) in [6, 6.07) is 6.24. The molecule has 0 saturated carbocycles. The van der Waals surface area contributed by atoms with Crippen LogP contribution in [0.4, 0.5) is 0 Å². The van der Waals surface area contributed by atoms with Gasteiger partial charge >= 0.3 is 0 Å². The fraction of sp³-hybridized carbons (Fsp3) is 0.467. The molecule has 0 radical (unpaired) electrons. The van der Waals surface area contributed by atoms with E-state index < -0.39 is 0 Å². The van der Waals surface area contributed by atoms with E-state index in [1.165, 1.54) is 5.56 Å². The number of ether oxygens (including phenoxy) is 1. The van der Waals surface area contributed by atoms with Crippen LogP contribution in [0.15, 0.2) is 24.4 Å². The summed E-state index contributed by atoms with van der Waals surface area (Å²) < 4.78 is 7.61. The van der Waals surface area contributed by atoms with Gasteiger partial charge in [-0.25, -0.2) is 0 Å². The topological polar surface area (TPSA) is 39.9 Å². The predicted molar refractivity (Wildman–Crippen MR) is 80.3 cm³/mol. The van der Waals surface area contributed by atoms with Crippen molar-refractivity contribution in [2.24, 2.45) is 0 Å². The molecule has 0 aliphatic heterocycles. The van der Waals surface area contributed by atoms with E-state index in [9.17, 15) is 0 Å². The normalized spacial score (nSPS) is 12.4. The molecule has 2 aromatic rings. The first-order chi connectivity index (χ1) is 9.56. The van der Waals surface area contributed by atoms with E-state index in [1.54, 1.807) is 4.68 Å². The van der Waals surface area contributed by atoms with Crippen molar-refractivity contribution in [3.05, 3.63) is 41.2 Å². The van der Waals surface area contributed by atoms with Crippen LogP contribution in [0.3, 0.4) is 0 Å². The Labute approximate surface area is 124 Å². The molecule has 1 aromatic heterocycles. The highest BCUT2D eigenvalue weighted by Gasteiger charge is 2.06. The van der Waals surface area contributed by atoms with Gasteiger partial charge in [-0.15, -0.1) is 16.7 Å². The van der Waals surface area contributed by atoms with Crippen LogP contribution in [-0.2, 0) is 6.54 Å². The largest absolute Gasteiger partial charge is 0.493 e. The minimum absolute atomic E-state index is 0.102. The van der Waals surface area contributed by atoms with Gasteiger partial charge in [0.15, 0.2) is 0 Å². The summed E-state index contributed by atoms with van der Waals surface area (Å²) in [5.41, 5.74) is 3.18. The number of nitrogens with zero attached hydrogens (tertiary/aromatic N) is 3. The Morgan fingerprint density at radius 3 is 2.85 bits per heavy atom. The monoisotopic (exact) mass is 293 g/mol. The Bertz CT molecular complexity index is 566. The minimum Gasteiger partial charge on any atom is -0.493 e. The van der Waals surface area contributed by atoms with E-state index in [0.29, 0.717) is 6.61 Å². The lowest BCUT2D eigenvalue weighted by Crippen LogP contribution is -2.05. The molecule has 0 saturated heterocycles. The first-order valence-corrected chi connectivity index (χ1v) is 7.24. The molecular weight excluding hydrogens is 274 g/mol. The van der Waals surface area contributed by atoms with Crippen LogP contribution < -0.4 is 4.74 Å². The zero-order valence-electron chi connectivity index (χ0n) is 12.1. The summed E-state index contributed by atoms with van der Waals surface area (Å²) in [5, 5.41) is 7.96. The fourth-order valence-corrected chi connectivity index (χ4v) is 1.98. The zero-order chi connectivity index (χ0) is 14.5. The van der Waals surface area contributed by atoms with Crippen LogP contribution in [0, 0.1) is 13.8 Å². The highest BCUT2D eigenvalue weighted by atomic mass is 35.5. The van der Waals surface area contributed by atoms with Crippen molar-refractivity contribution in [1.82, 2.24) is 15.0 Å². The van der Waals surface area contributed by atoms with Crippen molar-refractivity contribution in [2.75, 3.05) is 6.61 Å². The molecule has 0 amide bonds. The zero-order valence-corrected chi connectivity index (χ0v) is 12.9. The number of aryl methyl sites for hydroxylation is 3. The average molecular weight is 294 g/mol. The summed E-state index contributed by atoms with van der Waals surface area (Å²) in [4.78, 5) is 0. The fourth-order valence-electron chi connectivity index (χ4n) is 1.88. The number of rotatable bonds is 6. The Balaban J connectivity index is 1.79. The highest BCUT2D eigenvalue weighted by molar-refractivity contribution is 6.20. The van der Waals surface area contributed by atoms with Gasteiger partial charge in [0, 0.05) is 19.2 Å². The summed E-state index contributed by atoms with van der Waals surface area (Å²) in [6.45, 7) is 7.45. The second-order valence-corrected chi connectivity index (χ2v) is 5.65. The summed E-state index contributed by atoms with van der Waals surface area (Å²) in [7, 11) is 0. The van der Waals surface area contributed by atoms with Crippen LogP contribution in [0.5, 0.6) is 5.75 Å². The second kappa shape index (κ2) is 6.75. The van der Waals surface area contributed by atoms with E-state index in [4.69, 9.17) is 16.3 Å². The number of benzene rings is 1. The lowest BCUT2D eigenvalue weighted by molar-refractivity contribution is 0.296. The molecule has 0 aliphatic rings. The van der Waals surface area contributed by atoms with Gasteiger partial charge in [-0.05, 0) is 38.0 Å². The van der Waals surface area contributed by atoms with E-state index in [2.05, 4.69) is 42.4 Å². The number of aromatic nitrogens is 3. The molecular formula is C15H20ClN3O. The molecule has 1 unspecified atom stereocenters. The molecule has 0 fully saturated rings. The number of hydrogen-bond donors (Lipinski definition) is 0. The standard InChI is InChI=1S/C15H20ClN3O/c1-11-5-6-12(2)15(9-11)20-8-4-7-19-10-14(13(3)16)17-18-19/h5-6,9-10,13H,4,7-8H2,1-3H3. The lowest BCUT2D eigenvalue weighted by Gasteiger charge is -2.09. The van der Waals surface area contributed by atoms with Gasteiger partial charge in [-0.3, -0.25) is 4.68 Å². The van der Waals surface area contributed by atoms with E-state index in [1.807, 2.05) is 13.1 Å². The molecule has 1 aromatic carbocycles. The quantitative estimate of drug-likeness (QED) is 0.603. The summed E-state index contributed by atoms with van der Waals surface area (Å²) in [5.74, 6) is 0.957. The molecule has 1 atom stereocenters. The second-order valence-electron chi connectivity index (χ2n) is 4.99. The van der Waals surface area contributed by atoms with Crippen LogP contribution in [-0.4, -0.2) is 21.6 Å². The average Bonchev–Trinajstić information content (AvgIpc) is 2.87.